The van der Waals surface area contributed by atoms with Crippen molar-refractivity contribution in [2.24, 2.45) is 5.41 Å². The third-order valence-corrected chi connectivity index (χ3v) is 6.38. The quantitative estimate of drug-likeness (QED) is 0.663. The summed E-state index contributed by atoms with van der Waals surface area (Å²) in [6, 6.07) is 9.81. The van der Waals surface area contributed by atoms with E-state index in [1.54, 1.807) is 5.56 Å². The van der Waals surface area contributed by atoms with Crippen molar-refractivity contribution in [1.82, 2.24) is 10.1 Å². The summed E-state index contributed by atoms with van der Waals surface area (Å²) in [6.45, 7) is 16.4. The van der Waals surface area contributed by atoms with Gasteiger partial charge in [0.15, 0.2) is 0 Å². The second-order valence-electron chi connectivity index (χ2n) is 9.09. The fourth-order valence-corrected chi connectivity index (χ4v) is 5.48. The number of hydrogen-bond donors (Lipinski definition) is 0. The van der Waals surface area contributed by atoms with Crippen molar-refractivity contribution in [2.75, 3.05) is 0 Å². The topological polar surface area (TPSA) is 29.3 Å². The van der Waals surface area contributed by atoms with Gasteiger partial charge in [-0.3, -0.25) is 4.90 Å². The normalized spacial score (nSPS) is 26.7. The molecule has 1 fully saturated rings. The van der Waals surface area contributed by atoms with Gasteiger partial charge in [-0.1, -0.05) is 42.8 Å². The Balaban J connectivity index is 1.82. The van der Waals surface area contributed by atoms with Gasteiger partial charge in [-0.2, -0.15) is 0 Å². The molecule has 0 N–H and O–H groups in total. The first-order valence-corrected chi connectivity index (χ1v) is 9.69. The average Bonchev–Trinajstić information content (AvgIpc) is 2.95. The first-order valence-electron chi connectivity index (χ1n) is 9.69. The number of fused-ring (bicyclic) bond motifs is 2. The lowest BCUT2D eigenvalue weighted by Crippen LogP contribution is -2.56. The van der Waals surface area contributed by atoms with E-state index >= 15 is 0 Å². The molecule has 0 saturated carbocycles. The molecule has 5 rings (SSSR count). The molecule has 3 aliphatic rings. The van der Waals surface area contributed by atoms with Crippen LogP contribution in [0.15, 0.2) is 40.9 Å². The summed E-state index contributed by atoms with van der Waals surface area (Å²) < 4.78 is 5.34. The molecule has 26 heavy (non-hydrogen) atoms. The van der Waals surface area contributed by atoms with E-state index < -0.39 is 0 Å². The maximum atomic E-state index is 5.34. The zero-order valence-corrected chi connectivity index (χ0v) is 16.7. The second-order valence-corrected chi connectivity index (χ2v) is 9.09. The van der Waals surface area contributed by atoms with Crippen molar-refractivity contribution in [1.29, 1.82) is 0 Å². The Labute approximate surface area is 157 Å². The summed E-state index contributed by atoms with van der Waals surface area (Å²) in [5, 5.41) is 4.28. The molecule has 2 aromatic rings. The highest BCUT2D eigenvalue weighted by atomic mass is 16.5. The molecule has 0 radical (unpaired) electrons. The van der Waals surface area contributed by atoms with Gasteiger partial charge in [-0.05, 0) is 55.7 Å². The molecule has 138 valence electrons. The summed E-state index contributed by atoms with van der Waals surface area (Å²) in [7, 11) is 0. The Bertz CT molecular complexity index is 848. The van der Waals surface area contributed by atoms with Crippen molar-refractivity contribution in [3.63, 3.8) is 0 Å². The number of piperidine rings is 1. The predicted octanol–water partition coefficient (Wildman–Crippen LogP) is 5.70. The van der Waals surface area contributed by atoms with Crippen LogP contribution in [-0.2, 0) is 6.54 Å². The molecule has 3 heteroatoms. The molecular weight excluding hydrogens is 320 g/mol. The van der Waals surface area contributed by atoms with Gasteiger partial charge in [0.1, 0.15) is 5.76 Å². The molecular formula is C23H30N2O. The zero-order valence-electron chi connectivity index (χ0n) is 16.7. The predicted molar refractivity (Wildman–Crippen MR) is 105 cm³/mol. The lowest BCUT2D eigenvalue weighted by Gasteiger charge is -2.60. The molecule has 1 aromatic carbocycles. The fraction of sp³-hybridized carbons (Fsp3) is 0.522. The van der Waals surface area contributed by atoms with Crippen molar-refractivity contribution < 1.29 is 4.52 Å². The lowest BCUT2D eigenvalue weighted by molar-refractivity contribution is -0.0327. The van der Waals surface area contributed by atoms with E-state index in [2.05, 4.69) is 68.6 Å². The molecule has 3 nitrogen and oxygen atoms in total. The minimum Gasteiger partial charge on any atom is -0.361 e. The minimum absolute atomic E-state index is 0.292. The fourth-order valence-electron chi connectivity index (χ4n) is 5.48. The molecule has 3 unspecified atom stereocenters. The van der Waals surface area contributed by atoms with Gasteiger partial charge in [-0.25, -0.2) is 0 Å². The Morgan fingerprint density at radius 1 is 1.35 bits per heavy atom. The summed E-state index contributed by atoms with van der Waals surface area (Å²) in [5.41, 5.74) is 7.14. The van der Waals surface area contributed by atoms with Gasteiger partial charge in [-0.15, -0.1) is 6.58 Å². The van der Waals surface area contributed by atoms with Crippen molar-refractivity contribution in [3.8, 4) is 0 Å². The van der Waals surface area contributed by atoms with Crippen LogP contribution in [0.4, 0.5) is 0 Å². The number of nitrogens with zero attached hydrogens (tertiary/aromatic N) is 2. The molecule has 0 amide bonds. The monoisotopic (exact) mass is 350 g/mol. The standard InChI is InChI=1S/C23H30N2O/c1-14(2)10-19-22-21-15(3)8-7-9-18(21)20(12-23(22,5)6)25(19)13-17-11-16(4)26-24-17/h7-9,11,19-20,22H,1,10,12-13H2,2-6H3. The van der Waals surface area contributed by atoms with Crippen LogP contribution in [0.25, 0.3) is 0 Å². The SMILES string of the molecule is C=C(C)CC1C2c3c(C)cccc3C(CC2(C)C)N1Cc1cc(C)on1. The van der Waals surface area contributed by atoms with Gasteiger partial charge in [0.25, 0.3) is 0 Å². The van der Waals surface area contributed by atoms with Gasteiger partial charge in [0.05, 0.1) is 5.69 Å². The van der Waals surface area contributed by atoms with E-state index in [0.717, 1.165) is 24.4 Å². The zero-order chi connectivity index (χ0) is 18.6. The van der Waals surface area contributed by atoms with Crippen LogP contribution < -0.4 is 0 Å². The van der Waals surface area contributed by atoms with E-state index in [9.17, 15) is 0 Å². The lowest BCUT2D eigenvalue weighted by atomic mass is 9.56. The van der Waals surface area contributed by atoms with Crippen LogP contribution in [0.1, 0.15) is 73.7 Å². The minimum atomic E-state index is 0.292. The maximum absolute atomic E-state index is 5.34. The summed E-state index contributed by atoms with van der Waals surface area (Å²) in [6.07, 6.45) is 2.23. The summed E-state index contributed by atoms with van der Waals surface area (Å²) >= 11 is 0. The van der Waals surface area contributed by atoms with E-state index in [1.807, 2.05) is 6.92 Å². The third kappa shape index (κ3) is 2.73. The first kappa shape index (κ1) is 17.5. The third-order valence-electron chi connectivity index (χ3n) is 6.38. The Morgan fingerprint density at radius 3 is 2.77 bits per heavy atom. The van der Waals surface area contributed by atoms with E-state index in [4.69, 9.17) is 4.52 Å². The summed E-state index contributed by atoms with van der Waals surface area (Å²) in [4.78, 5) is 2.67. The molecule has 3 heterocycles. The summed E-state index contributed by atoms with van der Waals surface area (Å²) in [5.74, 6) is 1.41. The van der Waals surface area contributed by atoms with E-state index in [1.165, 1.54) is 23.1 Å². The largest absolute Gasteiger partial charge is 0.361 e. The molecule has 1 saturated heterocycles. The van der Waals surface area contributed by atoms with Crippen LogP contribution in [0.2, 0.25) is 0 Å². The van der Waals surface area contributed by atoms with Crippen LogP contribution in [0, 0.1) is 19.3 Å². The average molecular weight is 351 g/mol. The van der Waals surface area contributed by atoms with Crippen LogP contribution in [-0.4, -0.2) is 16.1 Å². The smallest absolute Gasteiger partial charge is 0.133 e. The van der Waals surface area contributed by atoms with Crippen LogP contribution in [0.3, 0.4) is 0 Å². The van der Waals surface area contributed by atoms with Gasteiger partial charge < -0.3 is 4.52 Å². The van der Waals surface area contributed by atoms with E-state index in [-0.39, 0.29) is 0 Å². The number of aromatic nitrogens is 1. The second kappa shape index (κ2) is 6.09. The highest BCUT2D eigenvalue weighted by Gasteiger charge is 2.53. The van der Waals surface area contributed by atoms with Gasteiger partial charge >= 0.3 is 0 Å². The number of benzene rings is 1. The molecule has 1 aromatic heterocycles. The van der Waals surface area contributed by atoms with Crippen LogP contribution >= 0.6 is 0 Å². The highest BCUT2D eigenvalue weighted by Crippen LogP contribution is 2.60. The van der Waals surface area contributed by atoms with Crippen molar-refractivity contribution >= 4 is 0 Å². The molecule has 3 atom stereocenters. The van der Waals surface area contributed by atoms with Gasteiger partial charge in [0, 0.05) is 30.6 Å². The highest BCUT2D eigenvalue weighted by molar-refractivity contribution is 5.46. The van der Waals surface area contributed by atoms with E-state index in [0.29, 0.717) is 23.4 Å². The molecule has 1 aliphatic carbocycles. The van der Waals surface area contributed by atoms with Crippen molar-refractivity contribution in [2.45, 2.75) is 72.0 Å². The number of hydrogen-bond acceptors (Lipinski definition) is 3. The Hall–Kier alpha value is -1.87. The van der Waals surface area contributed by atoms with Crippen molar-refractivity contribution in [3.05, 3.63) is 64.6 Å². The molecule has 0 spiro atoms. The van der Waals surface area contributed by atoms with Gasteiger partial charge in [0.2, 0.25) is 0 Å². The van der Waals surface area contributed by atoms with Crippen LogP contribution in [0.5, 0.6) is 0 Å². The first-order chi connectivity index (χ1) is 12.3. The molecule has 2 bridgehead atoms. The Morgan fingerprint density at radius 2 is 2.12 bits per heavy atom. The number of aryl methyl sites for hydroxylation is 2. The maximum Gasteiger partial charge on any atom is 0.133 e. The number of rotatable bonds is 4. The molecule has 2 aliphatic heterocycles. The Kier molecular flexibility index (Phi) is 4.11.